The first-order valence-electron chi connectivity index (χ1n) is 8.17. The van der Waals surface area contributed by atoms with Crippen LogP contribution in [0.1, 0.15) is 16.1 Å². The van der Waals surface area contributed by atoms with Gasteiger partial charge in [0, 0.05) is 29.8 Å². The Kier molecular flexibility index (Phi) is 4.21. The predicted octanol–water partition coefficient (Wildman–Crippen LogP) is 4.17. The Morgan fingerprint density at radius 3 is 2.83 bits per heavy atom. The number of thiazole rings is 1. The molecule has 0 atom stereocenters. The summed E-state index contributed by atoms with van der Waals surface area (Å²) in [5, 5.41) is 2.66. The van der Waals surface area contributed by atoms with Crippen molar-refractivity contribution in [3.8, 4) is 0 Å². The smallest absolute Gasteiger partial charge is 0.185 e. The van der Waals surface area contributed by atoms with Crippen molar-refractivity contribution in [2.45, 2.75) is 13.3 Å². The summed E-state index contributed by atoms with van der Waals surface area (Å²) in [7, 11) is 0. The quantitative estimate of drug-likeness (QED) is 0.714. The first-order chi connectivity index (χ1) is 11.7. The van der Waals surface area contributed by atoms with Gasteiger partial charge in [-0.15, -0.1) is 11.3 Å². The lowest BCUT2D eigenvalue weighted by atomic mass is 10.0. The molecule has 0 saturated carbocycles. The molecule has 1 aliphatic rings. The van der Waals surface area contributed by atoms with Crippen LogP contribution in [-0.4, -0.2) is 31.3 Å². The molecule has 0 N–H and O–H groups in total. The van der Waals surface area contributed by atoms with Gasteiger partial charge in [-0.2, -0.15) is 0 Å². The number of anilines is 1. The molecule has 0 bridgehead atoms. The third-order valence-electron chi connectivity index (χ3n) is 4.41. The molecule has 2 heterocycles. The van der Waals surface area contributed by atoms with Crippen LogP contribution in [0.25, 0.3) is 10.8 Å². The summed E-state index contributed by atoms with van der Waals surface area (Å²) >= 11 is 1.71. The molecule has 1 aliphatic heterocycles. The van der Waals surface area contributed by atoms with Gasteiger partial charge in [-0.3, -0.25) is 0 Å². The van der Waals surface area contributed by atoms with E-state index in [-0.39, 0.29) is 5.82 Å². The Morgan fingerprint density at radius 2 is 2.00 bits per heavy atom. The maximum atomic E-state index is 14.3. The summed E-state index contributed by atoms with van der Waals surface area (Å²) in [5.74, 6) is -0.163. The number of rotatable bonds is 3. The topological polar surface area (TPSA) is 25.4 Å². The Labute approximate surface area is 144 Å². The standard InChI is InChI=1S/C19H19FN2OS/c1-13-18(21-19(24-13)22-6-8-23-9-7-22)12-14-10-15-4-2-3-5-16(15)17(20)11-14/h2-5,10-11H,6-9,12H2,1H3. The molecule has 1 fully saturated rings. The average molecular weight is 342 g/mol. The van der Waals surface area contributed by atoms with Gasteiger partial charge >= 0.3 is 0 Å². The zero-order chi connectivity index (χ0) is 16.5. The van der Waals surface area contributed by atoms with Crippen molar-refractivity contribution in [1.29, 1.82) is 0 Å². The van der Waals surface area contributed by atoms with Crippen LogP contribution in [0.4, 0.5) is 9.52 Å². The van der Waals surface area contributed by atoms with Crippen molar-refractivity contribution < 1.29 is 9.13 Å². The van der Waals surface area contributed by atoms with Gasteiger partial charge in [0.2, 0.25) is 0 Å². The third kappa shape index (κ3) is 3.01. The van der Waals surface area contributed by atoms with E-state index in [1.807, 2.05) is 24.3 Å². The van der Waals surface area contributed by atoms with E-state index in [4.69, 9.17) is 9.72 Å². The molecule has 24 heavy (non-hydrogen) atoms. The molecule has 2 aromatic carbocycles. The van der Waals surface area contributed by atoms with Crippen molar-refractivity contribution in [3.63, 3.8) is 0 Å². The number of aromatic nitrogens is 1. The molecule has 1 aromatic heterocycles. The Hall–Kier alpha value is -1.98. The van der Waals surface area contributed by atoms with Gasteiger partial charge in [-0.05, 0) is 23.9 Å². The van der Waals surface area contributed by atoms with Crippen LogP contribution in [0.5, 0.6) is 0 Å². The Bertz CT molecular complexity index is 871. The number of halogens is 1. The molecular weight excluding hydrogens is 323 g/mol. The first-order valence-corrected chi connectivity index (χ1v) is 8.98. The predicted molar refractivity (Wildman–Crippen MR) is 96.6 cm³/mol. The van der Waals surface area contributed by atoms with Crippen LogP contribution < -0.4 is 4.90 Å². The minimum Gasteiger partial charge on any atom is -0.378 e. The molecular formula is C19H19FN2OS. The van der Waals surface area contributed by atoms with Gasteiger partial charge in [0.1, 0.15) is 5.82 Å². The van der Waals surface area contributed by atoms with Crippen molar-refractivity contribution in [1.82, 2.24) is 4.98 Å². The lowest BCUT2D eigenvalue weighted by molar-refractivity contribution is 0.122. The second-order valence-electron chi connectivity index (χ2n) is 6.07. The second kappa shape index (κ2) is 6.49. The number of hydrogen-bond donors (Lipinski definition) is 0. The molecule has 0 amide bonds. The van der Waals surface area contributed by atoms with Crippen LogP contribution in [-0.2, 0) is 11.2 Å². The van der Waals surface area contributed by atoms with Gasteiger partial charge in [0.05, 0.1) is 18.9 Å². The van der Waals surface area contributed by atoms with Crippen LogP contribution >= 0.6 is 11.3 Å². The van der Waals surface area contributed by atoms with Crippen molar-refractivity contribution in [2.75, 3.05) is 31.2 Å². The number of benzene rings is 2. The summed E-state index contributed by atoms with van der Waals surface area (Å²) in [5.41, 5.74) is 2.00. The van der Waals surface area contributed by atoms with Crippen molar-refractivity contribution in [2.24, 2.45) is 0 Å². The molecule has 0 spiro atoms. The van der Waals surface area contributed by atoms with E-state index >= 15 is 0 Å². The molecule has 124 valence electrons. The molecule has 5 heteroatoms. The van der Waals surface area contributed by atoms with Gasteiger partial charge in [-0.25, -0.2) is 9.37 Å². The number of fused-ring (bicyclic) bond motifs is 1. The van der Waals surface area contributed by atoms with Crippen molar-refractivity contribution >= 4 is 27.2 Å². The molecule has 1 saturated heterocycles. The SMILES string of the molecule is Cc1sc(N2CCOCC2)nc1Cc1cc(F)c2ccccc2c1. The van der Waals surface area contributed by atoms with Crippen LogP contribution in [0.3, 0.4) is 0 Å². The molecule has 4 rings (SSSR count). The zero-order valence-corrected chi connectivity index (χ0v) is 14.4. The van der Waals surface area contributed by atoms with E-state index in [0.717, 1.165) is 48.1 Å². The zero-order valence-electron chi connectivity index (χ0n) is 13.6. The third-order valence-corrected chi connectivity index (χ3v) is 5.48. The molecule has 3 aromatic rings. The molecule has 0 unspecified atom stereocenters. The monoisotopic (exact) mass is 342 g/mol. The van der Waals surface area contributed by atoms with E-state index in [1.54, 1.807) is 17.4 Å². The maximum absolute atomic E-state index is 14.3. The van der Waals surface area contributed by atoms with E-state index in [2.05, 4.69) is 17.9 Å². The lowest BCUT2D eigenvalue weighted by Gasteiger charge is -2.26. The number of morpholine rings is 1. The largest absolute Gasteiger partial charge is 0.378 e. The molecule has 0 aliphatic carbocycles. The highest BCUT2D eigenvalue weighted by atomic mass is 32.1. The van der Waals surface area contributed by atoms with Crippen LogP contribution in [0.2, 0.25) is 0 Å². The maximum Gasteiger partial charge on any atom is 0.185 e. The fourth-order valence-electron chi connectivity index (χ4n) is 3.08. The number of aryl methyl sites for hydroxylation is 1. The normalized spacial score (nSPS) is 15.2. The van der Waals surface area contributed by atoms with E-state index in [1.165, 1.54) is 4.88 Å². The Morgan fingerprint density at radius 1 is 1.21 bits per heavy atom. The average Bonchev–Trinajstić information content (AvgIpc) is 2.96. The second-order valence-corrected chi connectivity index (χ2v) is 7.26. The highest BCUT2D eigenvalue weighted by molar-refractivity contribution is 7.15. The van der Waals surface area contributed by atoms with Gasteiger partial charge in [0.25, 0.3) is 0 Å². The van der Waals surface area contributed by atoms with E-state index < -0.39 is 0 Å². The van der Waals surface area contributed by atoms with E-state index in [0.29, 0.717) is 11.8 Å². The first kappa shape index (κ1) is 15.5. The van der Waals surface area contributed by atoms with Gasteiger partial charge in [0.15, 0.2) is 5.13 Å². The van der Waals surface area contributed by atoms with E-state index in [9.17, 15) is 4.39 Å². The molecule has 3 nitrogen and oxygen atoms in total. The summed E-state index contributed by atoms with van der Waals surface area (Å²) < 4.78 is 19.7. The van der Waals surface area contributed by atoms with Gasteiger partial charge < -0.3 is 9.64 Å². The summed E-state index contributed by atoms with van der Waals surface area (Å²) in [6, 6.07) is 11.3. The minimum absolute atomic E-state index is 0.163. The fraction of sp³-hybridized carbons (Fsp3) is 0.316. The summed E-state index contributed by atoms with van der Waals surface area (Å²) in [6.45, 7) is 5.37. The highest BCUT2D eigenvalue weighted by Crippen LogP contribution is 2.29. The minimum atomic E-state index is -0.163. The lowest BCUT2D eigenvalue weighted by Crippen LogP contribution is -2.36. The molecule has 0 radical (unpaired) electrons. The van der Waals surface area contributed by atoms with Gasteiger partial charge in [-0.1, -0.05) is 30.3 Å². The van der Waals surface area contributed by atoms with Crippen LogP contribution in [0, 0.1) is 12.7 Å². The number of hydrogen-bond acceptors (Lipinski definition) is 4. The summed E-state index contributed by atoms with van der Waals surface area (Å²) in [6.07, 6.45) is 0.661. The van der Waals surface area contributed by atoms with Crippen LogP contribution in [0.15, 0.2) is 36.4 Å². The van der Waals surface area contributed by atoms with Crippen molar-refractivity contribution in [3.05, 3.63) is 58.3 Å². The summed E-state index contributed by atoms with van der Waals surface area (Å²) in [4.78, 5) is 8.27. The number of ether oxygens (including phenoxy) is 1. The Balaban J connectivity index is 1.62. The highest BCUT2D eigenvalue weighted by Gasteiger charge is 2.17. The fourth-order valence-corrected chi connectivity index (χ4v) is 4.06. The number of nitrogens with zero attached hydrogens (tertiary/aromatic N) is 2.